The van der Waals surface area contributed by atoms with E-state index in [2.05, 4.69) is 40.6 Å². The lowest BCUT2D eigenvalue weighted by atomic mass is 10.00. The molecule has 0 unspecified atom stereocenters. The third kappa shape index (κ3) is 3.45. The van der Waals surface area contributed by atoms with Crippen molar-refractivity contribution in [3.05, 3.63) is 83.2 Å². The molecule has 1 aliphatic heterocycles. The number of aromatic nitrogens is 3. The van der Waals surface area contributed by atoms with E-state index in [1.807, 2.05) is 29.2 Å². The molecule has 1 amide bonds. The number of carbonyl (C=O) groups is 1. The van der Waals surface area contributed by atoms with Gasteiger partial charge in [0.05, 0.1) is 6.20 Å². The van der Waals surface area contributed by atoms with Crippen LogP contribution in [0.1, 0.15) is 27.2 Å². The highest BCUT2D eigenvalue weighted by atomic mass is 16.2. The smallest absolute Gasteiger partial charge is 0.276 e. The van der Waals surface area contributed by atoms with Crippen molar-refractivity contribution in [1.29, 1.82) is 0 Å². The van der Waals surface area contributed by atoms with Crippen molar-refractivity contribution in [1.82, 2.24) is 19.9 Å². The summed E-state index contributed by atoms with van der Waals surface area (Å²) >= 11 is 0. The van der Waals surface area contributed by atoms with Crippen LogP contribution in [0, 0.1) is 0 Å². The Labute approximate surface area is 146 Å². The second kappa shape index (κ2) is 6.89. The maximum atomic E-state index is 12.7. The number of hydrogen-bond donors (Lipinski definition) is 0. The van der Waals surface area contributed by atoms with Gasteiger partial charge >= 0.3 is 0 Å². The van der Waals surface area contributed by atoms with E-state index in [4.69, 9.17) is 0 Å². The normalized spacial score (nSPS) is 13.5. The largest absolute Gasteiger partial charge is 0.333 e. The summed E-state index contributed by atoms with van der Waals surface area (Å²) in [6.07, 6.45) is 3.52. The van der Waals surface area contributed by atoms with E-state index in [0.717, 1.165) is 19.4 Å². The minimum absolute atomic E-state index is 0.0412. The summed E-state index contributed by atoms with van der Waals surface area (Å²) in [5.74, 6) is -0.0412. The van der Waals surface area contributed by atoms with Gasteiger partial charge in [-0.25, -0.2) is 0 Å². The van der Waals surface area contributed by atoms with Gasteiger partial charge in [-0.2, -0.15) is 0 Å². The van der Waals surface area contributed by atoms with Crippen molar-refractivity contribution in [3.8, 4) is 0 Å². The van der Waals surface area contributed by atoms with E-state index >= 15 is 0 Å². The molecule has 2 aromatic carbocycles. The number of amides is 1. The topological polar surface area (TPSA) is 51.0 Å². The van der Waals surface area contributed by atoms with Gasteiger partial charge in [0, 0.05) is 19.6 Å². The van der Waals surface area contributed by atoms with Crippen molar-refractivity contribution in [2.24, 2.45) is 0 Å². The molecule has 3 aromatic rings. The molecule has 1 aromatic heterocycles. The van der Waals surface area contributed by atoms with Crippen LogP contribution in [-0.4, -0.2) is 32.3 Å². The van der Waals surface area contributed by atoms with E-state index in [9.17, 15) is 4.79 Å². The fraction of sp³-hybridized carbons (Fsp3) is 0.250. The summed E-state index contributed by atoms with van der Waals surface area (Å²) in [5.41, 5.74) is 4.22. The predicted octanol–water partition coefficient (Wildman–Crippen LogP) is 2.72. The minimum Gasteiger partial charge on any atom is -0.333 e. The first-order valence-corrected chi connectivity index (χ1v) is 8.60. The Morgan fingerprint density at radius 2 is 1.76 bits per heavy atom. The average molecular weight is 332 g/mol. The molecular weight excluding hydrogens is 312 g/mol. The highest BCUT2D eigenvalue weighted by Gasteiger charge is 2.23. The van der Waals surface area contributed by atoms with Crippen molar-refractivity contribution in [3.63, 3.8) is 0 Å². The first-order chi connectivity index (χ1) is 12.3. The van der Waals surface area contributed by atoms with Crippen LogP contribution >= 0.6 is 0 Å². The fourth-order valence-electron chi connectivity index (χ4n) is 3.23. The lowest BCUT2D eigenvalue weighted by Crippen LogP contribution is -2.36. The van der Waals surface area contributed by atoms with Crippen molar-refractivity contribution in [2.75, 3.05) is 6.54 Å². The van der Waals surface area contributed by atoms with Gasteiger partial charge in [0.25, 0.3) is 5.91 Å². The number of fused-ring (bicyclic) bond motifs is 1. The molecule has 2 heterocycles. The minimum atomic E-state index is -0.0412. The maximum Gasteiger partial charge on any atom is 0.276 e. The number of hydrogen-bond acceptors (Lipinski definition) is 3. The lowest BCUT2D eigenvalue weighted by molar-refractivity contribution is 0.0728. The molecule has 0 N–H and O–H groups in total. The third-order valence-electron chi connectivity index (χ3n) is 4.65. The molecule has 0 atom stereocenters. The molecule has 5 heteroatoms. The van der Waals surface area contributed by atoms with Crippen molar-refractivity contribution >= 4 is 5.91 Å². The lowest BCUT2D eigenvalue weighted by Gasteiger charge is -2.28. The molecule has 0 spiro atoms. The average Bonchev–Trinajstić information content (AvgIpc) is 3.15. The molecule has 5 nitrogen and oxygen atoms in total. The van der Waals surface area contributed by atoms with E-state index in [1.165, 1.54) is 16.7 Å². The number of carbonyl (C=O) groups excluding carboxylic acids is 1. The van der Waals surface area contributed by atoms with Crippen LogP contribution in [0.15, 0.2) is 60.8 Å². The Morgan fingerprint density at radius 1 is 1.00 bits per heavy atom. The van der Waals surface area contributed by atoms with Gasteiger partial charge in [-0.1, -0.05) is 59.8 Å². The number of aryl methyl sites for hydroxylation is 2. The summed E-state index contributed by atoms with van der Waals surface area (Å²) in [5, 5.41) is 8.19. The Balaban J connectivity index is 1.41. The zero-order valence-corrected chi connectivity index (χ0v) is 14.0. The maximum absolute atomic E-state index is 12.7. The fourth-order valence-corrected chi connectivity index (χ4v) is 3.23. The quantitative estimate of drug-likeness (QED) is 0.738. The molecule has 25 heavy (non-hydrogen) atoms. The van der Waals surface area contributed by atoms with E-state index in [1.54, 1.807) is 10.9 Å². The highest BCUT2D eigenvalue weighted by molar-refractivity contribution is 5.92. The van der Waals surface area contributed by atoms with Gasteiger partial charge in [0.2, 0.25) is 0 Å². The second-order valence-electron chi connectivity index (χ2n) is 6.35. The molecule has 0 bridgehead atoms. The second-order valence-corrected chi connectivity index (χ2v) is 6.35. The molecule has 1 aliphatic rings. The molecular formula is C20H20N4O. The van der Waals surface area contributed by atoms with Crippen LogP contribution < -0.4 is 0 Å². The van der Waals surface area contributed by atoms with Gasteiger partial charge < -0.3 is 4.90 Å². The first kappa shape index (κ1) is 15.6. The summed E-state index contributed by atoms with van der Waals surface area (Å²) in [4.78, 5) is 14.6. The SMILES string of the molecule is O=C(c1cn(CCc2ccccc2)nn1)N1CCc2ccccc2C1. The van der Waals surface area contributed by atoms with Crippen molar-refractivity contribution in [2.45, 2.75) is 25.9 Å². The summed E-state index contributed by atoms with van der Waals surface area (Å²) in [7, 11) is 0. The van der Waals surface area contributed by atoms with Crippen LogP contribution in [0.2, 0.25) is 0 Å². The van der Waals surface area contributed by atoms with Crippen LogP contribution in [0.4, 0.5) is 0 Å². The van der Waals surface area contributed by atoms with E-state index < -0.39 is 0 Å². The number of nitrogens with zero attached hydrogens (tertiary/aromatic N) is 4. The molecule has 126 valence electrons. The molecule has 0 aliphatic carbocycles. The Kier molecular flexibility index (Phi) is 4.29. The highest BCUT2D eigenvalue weighted by Crippen LogP contribution is 2.19. The Hall–Kier alpha value is -2.95. The van der Waals surface area contributed by atoms with Gasteiger partial charge in [0.1, 0.15) is 0 Å². The molecule has 4 rings (SSSR count). The molecule has 0 radical (unpaired) electrons. The van der Waals surface area contributed by atoms with E-state index in [0.29, 0.717) is 18.8 Å². The van der Waals surface area contributed by atoms with E-state index in [-0.39, 0.29) is 5.91 Å². The summed E-state index contributed by atoms with van der Waals surface area (Å²) < 4.78 is 1.75. The molecule has 0 saturated carbocycles. The van der Waals surface area contributed by atoms with Crippen LogP contribution in [0.25, 0.3) is 0 Å². The molecule has 0 saturated heterocycles. The van der Waals surface area contributed by atoms with Gasteiger partial charge in [-0.3, -0.25) is 9.48 Å². The van der Waals surface area contributed by atoms with Crippen molar-refractivity contribution < 1.29 is 4.79 Å². The van der Waals surface area contributed by atoms with Gasteiger partial charge in [0.15, 0.2) is 5.69 Å². The van der Waals surface area contributed by atoms with Crippen LogP contribution in [-0.2, 0) is 25.9 Å². The summed E-state index contributed by atoms with van der Waals surface area (Å²) in [6.45, 7) is 2.09. The summed E-state index contributed by atoms with van der Waals surface area (Å²) in [6, 6.07) is 18.5. The number of benzene rings is 2. The molecule has 0 fully saturated rings. The Bertz CT molecular complexity index is 872. The number of rotatable bonds is 4. The van der Waals surface area contributed by atoms with Gasteiger partial charge in [-0.15, -0.1) is 5.10 Å². The Morgan fingerprint density at radius 3 is 2.60 bits per heavy atom. The monoisotopic (exact) mass is 332 g/mol. The zero-order valence-electron chi connectivity index (χ0n) is 14.0. The van der Waals surface area contributed by atoms with Crippen LogP contribution in [0.3, 0.4) is 0 Å². The van der Waals surface area contributed by atoms with Gasteiger partial charge in [-0.05, 0) is 29.5 Å². The zero-order chi connectivity index (χ0) is 17.1. The third-order valence-corrected chi connectivity index (χ3v) is 4.65. The first-order valence-electron chi connectivity index (χ1n) is 8.60. The standard InChI is InChI=1S/C20H20N4O/c25-20(23-12-11-17-8-4-5-9-18(17)14-23)19-15-24(22-21-19)13-10-16-6-2-1-3-7-16/h1-9,15H,10-14H2. The predicted molar refractivity (Wildman–Crippen MR) is 95.1 cm³/mol. The van der Waals surface area contributed by atoms with Crippen LogP contribution in [0.5, 0.6) is 0 Å².